The van der Waals surface area contributed by atoms with Gasteiger partial charge in [0.25, 0.3) is 5.56 Å². The lowest BCUT2D eigenvalue weighted by Gasteiger charge is -2.16. The normalized spacial score (nSPS) is 11.0. The second kappa shape index (κ2) is 9.93. The molecule has 0 unspecified atom stereocenters. The van der Waals surface area contributed by atoms with Gasteiger partial charge in [0, 0.05) is 17.2 Å². The number of anilines is 2. The third kappa shape index (κ3) is 5.14. The zero-order valence-corrected chi connectivity index (χ0v) is 20.3. The first-order valence-electron chi connectivity index (χ1n) is 11.5. The Kier molecular flexibility index (Phi) is 6.78. The zero-order valence-electron chi connectivity index (χ0n) is 20.3. The average molecular weight is 469 g/mol. The van der Waals surface area contributed by atoms with Crippen molar-refractivity contribution in [2.45, 2.75) is 34.2 Å². The molecular weight excluding hydrogens is 440 g/mol. The maximum atomic E-state index is 13.7. The lowest BCUT2D eigenvalue weighted by atomic mass is 10.1. The van der Waals surface area contributed by atoms with E-state index in [0.29, 0.717) is 28.0 Å². The van der Waals surface area contributed by atoms with Crippen LogP contribution >= 0.6 is 0 Å². The largest absolute Gasteiger partial charge is 0.325 e. The Morgan fingerprint density at radius 3 is 2.37 bits per heavy atom. The van der Waals surface area contributed by atoms with E-state index in [1.807, 2.05) is 38.1 Å². The van der Waals surface area contributed by atoms with Gasteiger partial charge >= 0.3 is 0 Å². The molecule has 4 rings (SSSR count). The number of para-hydroxylation sites is 3. The summed E-state index contributed by atoms with van der Waals surface area (Å²) < 4.78 is 1.43. The van der Waals surface area contributed by atoms with Crippen LogP contribution in [0.15, 0.2) is 71.5 Å². The fourth-order valence-corrected chi connectivity index (χ4v) is 3.89. The molecule has 0 saturated heterocycles. The number of aryl methyl sites for hydroxylation is 2. The summed E-state index contributed by atoms with van der Waals surface area (Å²) in [5.41, 5.74) is 4.64. The monoisotopic (exact) mass is 468 g/mol. The van der Waals surface area contributed by atoms with Crippen LogP contribution in [0.2, 0.25) is 0 Å². The first-order chi connectivity index (χ1) is 16.7. The molecule has 0 bridgehead atoms. The average Bonchev–Trinajstić information content (AvgIpc) is 2.83. The van der Waals surface area contributed by atoms with Crippen molar-refractivity contribution in [2.75, 3.05) is 10.6 Å². The maximum Gasteiger partial charge on any atom is 0.278 e. The predicted molar refractivity (Wildman–Crippen MR) is 139 cm³/mol. The number of rotatable bonds is 6. The Bertz CT molecular complexity index is 1490. The van der Waals surface area contributed by atoms with E-state index in [1.54, 1.807) is 56.3 Å². The molecule has 0 radical (unpaired) electrons. The third-order valence-electron chi connectivity index (χ3n) is 5.77. The number of hydrogen-bond donors (Lipinski definition) is 2. The number of nitrogens with zero attached hydrogens (tertiary/aromatic N) is 2. The summed E-state index contributed by atoms with van der Waals surface area (Å²) in [4.78, 5) is 43.6. The van der Waals surface area contributed by atoms with E-state index in [2.05, 4.69) is 15.6 Å². The Hall–Kier alpha value is -4.26. The SMILES string of the molecule is Cc1ccc(NC(=O)Cn2c(=O)c(-c3ccccc3NC(=O)C(C)C)nc3ccccc32)c(C)c1. The lowest BCUT2D eigenvalue weighted by molar-refractivity contribution is -0.119. The van der Waals surface area contributed by atoms with E-state index in [1.165, 1.54) is 4.57 Å². The van der Waals surface area contributed by atoms with Gasteiger partial charge in [0.05, 0.1) is 16.7 Å². The number of carbonyl (C=O) groups excluding carboxylic acids is 2. The summed E-state index contributed by atoms with van der Waals surface area (Å²) in [7, 11) is 0. The van der Waals surface area contributed by atoms with Crippen molar-refractivity contribution in [1.82, 2.24) is 9.55 Å². The highest BCUT2D eigenvalue weighted by atomic mass is 16.2. The minimum atomic E-state index is -0.411. The molecule has 0 spiro atoms. The number of hydrogen-bond acceptors (Lipinski definition) is 4. The maximum absolute atomic E-state index is 13.7. The lowest BCUT2D eigenvalue weighted by Crippen LogP contribution is -2.30. The molecule has 0 aliphatic carbocycles. The molecule has 2 amide bonds. The summed E-state index contributed by atoms with van der Waals surface area (Å²) in [5.74, 6) is -0.702. The first-order valence-corrected chi connectivity index (χ1v) is 11.5. The van der Waals surface area contributed by atoms with Gasteiger partial charge in [-0.05, 0) is 43.7 Å². The van der Waals surface area contributed by atoms with Crippen LogP contribution in [0, 0.1) is 19.8 Å². The highest BCUT2D eigenvalue weighted by Crippen LogP contribution is 2.26. The standard InChI is InChI=1S/C28H28N4O3/c1-17(2)27(34)31-22-10-6-5-9-20(22)26-28(35)32(24-12-8-7-11-23(24)30-26)16-25(33)29-21-14-13-18(3)15-19(21)4/h5-15,17H,16H2,1-4H3,(H,29,33)(H,31,34). The Morgan fingerprint density at radius 1 is 0.914 bits per heavy atom. The highest BCUT2D eigenvalue weighted by molar-refractivity contribution is 5.96. The predicted octanol–water partition coefficient (Wildman–Crippen LogP) is 4.91. The molecule has 178 valence electrons. The summed E-state index contributed by atoms with van der Waals surface area (Å²) in [6.07, 6.45) is 0. The molecule has 7 nitrogen and oxygen atoms in total. The van der Waals surface area contributed by atoms with Crippen LogP contribution in [0.25, 0.3) is 22.3 Å². The quantitative estimate of drug-likeness (QED) is 0.420. The smallest absolute Gasteiger partial charge is 0.278 e. The minimum Gasteiger partial charge on any atom is -0.325 e. The second-order valence-corrected chi connectivity index (χ2v) is 8.90. The number of amides is 2. The molecule has 1 heterocycles. The number of fused-ring (bicyclic) bond motifs is 1. The van der Waals surface area contributed by atoms with E-state index in [0.717, 1.165) is 11.1 Å². The van der Waals surface area contributed by atoms with Crippen LogP contribution in [0.4, 0.5) is 11.4 Å². The van der Waals surface area contributed by atoms with Gasteiger partial charge in [0.1, 0.15) is 12.2 Å². The van der Waals surface area contributed by atoms with Crippen molar-refractivity contribution in [3.05, 3.63) is 88.2 Å². The molecule has 1 aromatic heterocycles. The topological polar surface area (TPSA) is 93.1 Å². The van der Waals surface area contributed by atoms with Gasteiger partial charge in [-0.2, -0.15) is 0 Å². The van der Waals surface area contributed by atoms with Crippen LogP contribution in [-0.4, -0.2) is 21.4 Å². The second-order valence-electron chi connectivity index (χ2n) is 8.90. The van der Waals surface area contributed by atoms with E-state index in [9.17, 15) is 14.4 Å². The minimum absolute atomic E-state index is 0.161. The Balaban J connectivity index is 1.78. The van der Waals surface area contributed by atoms with E-state index >= 15 is 0 Å². The molecule has 3 aromatic carbocycles. The molecule has 0 fully saturated rings. The molecule has 0 aliphatic rings. The first kappa shape index (κ1) is 23.9. The van der Waals surface area contributed by atoms with E-state index in [4.69, 9.17) is 0 Å². The fraction of sp³-hybridized carbons (Fsp3) is 0.214. The van der Waals surface area contributed by atoms with Crippen LogP contribution in [-0.2, 0) is 16.1 Å². The molecule has 2 N–H and O–H groups in total. The summed E-state index contributed by atoms with van der Waals surface area (Å²) in [6, 6.07) is 20.0. The number of benzene rings is 3. The van der Waals surface area contributed by atoms with Crippen molar-refractivity contribution in [1.29, 1.82) is 0 Å². The van der Waals surface area contributed by atoms with Gasteiger partial charge in [-0.25, -0.2) is 4.98 Å². The number of nitrogens with one attached hydrogen (secondary N) is 2. The van der Waals surface area contributed by atoms with Gasteiger partial charge in [0.15, 0.2) is 0 Å². The molecular formula is C28H28N4O3. The molecule has 0 saturated carbocycles. The molecule has 4 aromatic rings. The summed E-state index contributed by atoms with van der Waals surface area (Å²) in [6.45, 7) is 7.34. The van der Waals surface area contributed by atoms with Gasteiger partial charge < -0.3 is 10.6 Å². The van der Waals surface area contributed by atoms with Gasteiger partial charge in [-0.1, -0.05) is 61.9 Å². The van der Waals surface area contributed by atoms with Crippen molar-refractivity contribution in [2.24, 2.45) is 5.92 Å². The van der Waals surface area contributed by atoms with Crippen LogP contribution in [0.1, 0.15) is 25.0 Å². The van der Waals surface area contributed by atoms with Gasteiger partial charge in [0.2, 0.25) is 11.8 Å². The van der Waals surface area contributed by atoms with E-state index < -0.39 is 5.56 Å². The number of carbonyl (C=O) groups is 2. The van der Waals surface area contributed by atoms with Crippen LogP contribution in [0.3, 0.4) is 0 Å². The molecule has 0 aliphatic heterocycles. The molecule has 35 heavy (non-hydrogen) atoms. The summed E-state index contributed by atoms with van der Waals surface area (Å²) >= 11 is 0. The zero-order chi connectivity index (χ0) is 25.1. The van der Waals surface area contributed by atoms with Gasteiger partial charge in [-0.15, -0.1) is 0 Å². The summed E-state index contributed by atoms with van der Waals surface area (Å²) in [5, 5.41) is 5.79. The molecule has 7 heteroatoms. The van der Waals surface area contributed by atoms with Crippen LogP contribution in [0.5, 0.6) is 0 Å². The van der Waals surface area contributed by atoms with Crippen molar-refractivity contribution in [3.8, 4) is 11.3 Å². The van der Waals surface area contributed by atoms with Crippen molar-refractivity contribution >= 4 is 34.2 Å². The van der Waals surface area contributed by atoms with E-state index in [-0.39, 0.29) is 30.0 Å². The van der Waals surface area contributed by atoms with Crippen molar-refractivity contribution < 1.29 is 9.59 Å². The fourth-order valence-electron chi connectivity index (χ4n) is 3.89. The van der Waals surface area contributed by atoms with Gasteiger partial charge in [-0.3, -0.25) is 19.0 Å². The third-order valence-corrected chi connectivity index (χ3v) is 5.77. The Labute approximate surface area is 203 Å². The van der Waals surface area contributed by atoms with Crippen LogP contribution < -0.4 is 16.2 Å². The van der Waals surface area contributed by atoms with Crippen molar-refractivity contribution in [3.63, 3.8) is 0 Å². The molecule has 0 atom stereocenters. The highest BCUT2D eigenvalue weighted by Gasteiger charge is 2.19. The number of aromatic nitrogens is 2. The Morgan fingerprint density at radius 2 is 1.63 bits per heavy atom.